The minimum Gasteiger partial charge on any atom is -0.361 e. The van der Waals surface area contributed by atoms with Crippen molar-refractivity contribution in [3.8, 4) is 0 Å². The molecule has 1 atom stereocenters. The van der Waals surface area contributed by atoms with E-state index in [1.54, 1.807) is 0 Å². The first-order chi connectivity index (χ1) is 11.1. The molecule has 3 rings (SSSR count). The Hall–Kier alpha value is -2.30. The van der Waals surface area contributed by atoms with E-state index in [0.717, 1.165) is 42.4 Å². The van der Waals surface area contributed by atoms with Crippen LogP contribution in [0.3, 0.4) is 0 Å². The van der Waals surface area contributed by atoms with Gasteiger partial charge in [0, 0.05) is 43.5 Å². The van der Waals surface area contributed by atoms with Gasteiger partial charge in [-0.05, 0) is 30.9 Å². The zero-order chi connectivity index (χ0) is 16.2. The van der Waals surface area contributed by atoms with Crippen molar-refractivity contribution in [3.05, 3.63) is 36.0 Å². The second kappa shape index (κ2) is 6.86. The van der Waals surface area contributed by atoms with Gasteiger partial charge in [0.05, 0.1) is 0 Å². The standard InChI is InChI=1S/C18H23N3O2/c1-13(22)20-17(18(23)21-9-5-2-6-10-21)11-14-12-19-16-8-4-3-7-15(14)16/h3-4,7-8,12,17,19H,2,5-6,9-11H2,1H3,(H,20,22)/t17-/m0/s1. The summed E-state index contributed by atoms with van der Waals surface area (Å²) in [6.07, 6.45) is 5.72. The average molecular weight is 313 g/mol. The molecule has 0 unspecified atom stereocenters. The number of nitrogens with one attached hydrogen (secondary N) is 2. The van der Waals surface area contributed by atoms with Crippen LogP contribution in [0, 0.1) is 0 Å². The maximum absolute atomic E-state index is 12.8. The lowest BCUT2D eigenvalue weighted by Gasteiger charge is -2.30. The van der Waals surface area contributed by atoms with Crippen LogP contribution in [0.5, 0.6) is 0 Å². The minimum atomic E-state index is -0.496. The molecule has 0 spiro atoms. The fourth-order valence-electron chi connectivity index (χ4n) is 3.30. The summed E-state index contributed by atoms with van der Waals surface area (Å²) in [4.78, 5) is 29.5. The van der Waals surface area contributed by atoms with Crippen LogP contribution in [0.4, 0.5) is 0 Å². The van der Waals surface area contributed by atoms with Gasteiger partial charge < -0.3 is 15.2 Å². The van der Waals surface area contributed by atoms with Gasteiger partial charge in [-0.2, -0.15) is 0 Å². The first-order valence-corrected chi connectivity index (χ1v) is 8.26. The number of benzene rings is 1. The van der Waals surface area contributed by atoms with Crippen molar-refractivity contribution in [2.75, 3.05) is 13.1 Å². The Labute approximate surface area is 136 Å². The fraction of sp³-hybridized carbons (Fsp3) is 0.444. The molecule has 1 aromatic heterocycles. The number of aromatic nitrogens is 1. The summed E-state index contributed by atoms with van der Waals surface area (Å²) in [5, 5.41) is 3.94. The highest BCUT2D eigenvalue weighted by Crippen LogP contribution is 2.20. The van der Waals surface area contributed by atoms with E-state index in [9.17, 15) is 9.59 Å². The molecule has 2 N–H and O–H groups in total. The molecule has 0 bridgehead atoms. The Balaban J connectivity index is 1.81. The van der Waals surface area contributed by atoms with Crippen LogP contribution < -0.4 is 5.32 Å². The number of fused-ring (bicyclic) bond motifs is 1. The summed E-state index contributed by atoms with van der Waals surface area (Å²) < 4.78 is 0. The molecule has 2 heterocycles. The Kier molecular flexibility index (Phi) is 4.65. The third-order valence-electron chi connectivity index (χ3n) is 4.44. The Morgan fingerprint density at radius 1 is 1.22 bits per heavy atom. The van der Waals surface area contributed by atoms with Gasteiger partial charge in [-0.1, -0.05) is 18.2 Å². The number of nitrogens with zero attached hydrogens (tertiary/aromatic N) is 1. The van der Waals surface area contributed by atoms with Crippen LogP contribution in [-0.4, -0.2) is 40.8 Å². The third kappa shape index (κ3) is 3.55. The predicted molar refractivity (Wildman–Crippen MR) is 90.0 cm³/mol. The largest absolute Gasteiger partial charge is 0.361 e. The number of amides is 2. The molecular formula is C18H23N3O2. The van der Waals surface area contributed by atoms with E-state index in [0.29, 0.717) is 6.42 Å². The van der Waals surface area contributed by atoms with Gasteiger partial charge in [0.2, 0.25) is 11.8 Å². The topological polar surface area (TPSA) is 65.2 Å². The van der Waals surface area contributed by atoms with Crippen molar-refractivity contribution in [1.82, 2.24) is 15.2 Å². The first kappa shape index (κ1) is 15.6. The number of likely N-dealkylation sites (tertiary alicyclic amines) is 1. The molecule has 1 fully saturated rings. The molecule has 2 amide bonds. The van der Waals surface area contributed by atoms with Crippen molar-refractivity contribution >= 4 is 22.7 Å². The second-order valence-corrected chi connectivity index (χ2v) is 6.20. The van der Waals surface area contributed by atoms with E-state index >= 15 is 0 Å². The monoisotopic (exact) mass is 313 g/mol. The van der Waals surface area contributed by atoms with Crippen molar-refractivity contribution in [2.24, 2.45) is 0 Å². The van der Waals surface area contributed by atoms with E-state index in [1.165, 1.54) is 13.3 Å². The molecule has 2 aromatic rings. The van der Waals surface area contributed by atoms with Gasteiger partial charge in [0.25, 0.3) is 0 Å². The number of carbonyl (C=O) groups is 2. The van der Waals surface area contributed by atoms with Crippen LogP contribution >= 0.6 is 0 Å². The highest BCUT2D eigenvalue weighted by Gasteiger charge is 2.27. The third-order valence-corrected chi connectivity index (χ3v) is 4.44. The van der Waals surface area contributed by atoms with Crippen LogP contribution in [0.15, 0.2) is 30.5 Å². The number of piperidine rings is 1. The molecule has 5 heteroatoms. The van der Waals surface area contributed by atoms with Gasteiger partial charge in [-0.15, -0.1) is 0 Å². The molecule has 0 aliphatic carbocycles. The van der Waals surface area contributed by atoms with E-state index in [2.05, 4.69) is 10.3 Å². The molecule has 23 heavy (non-hydrogen) atoms. The van der Waals surface area contributed by atoms with E-state index in [1.807, 2.05) is 35.4 Å². The van der Waals surface area contributed by atoms with Gasteiger partial charge in [-0.25, -0.2) is 0 Å². The molecule has 0 saturated carbocycles. The van der Waals surface area contributed by atoms with Crippen LogP contribution in [-0.2, 0) is 16.0 Å². The van der Waals surface area contributed by atoms with Crippen molar-refractivity contribution in [1.29, 1.82) is 0 Å². The summed E-state index contributed by atoms with van der Waals surface area (Å²) in [6.45, 7) is 3.05. The molecule has 1 aliphatic rings. The number of carbonyl (C=O) groups excluding carboxylic acids is 2. The zero-order valence-corrected chi connectivity index (χ0v) is 13.5. The number of aromatic amines is 1. The molecule has 0 radical (unpaired) electrons. The quantitative estimate of drug-likeness (QED) is 0.909. The Morgan fingerprint density at radius 3 is 2.70 bits per heavy atom. The normalized spacial score (nSPS) is 16.3. The molecule has 1 aliphatic heterocycles. The first-order valence-electron chi connectivity index (χ1n) is 8.26. The lowest BCUT2D eigenvalue weighted by molar-refractivity contribution is -0.136. The molecule has 122 valence electrons. The van der Waals surface area contributed by atoms with Gasteiger partial charge in [0.1, 0.15) is 6.04 Å². The maximum Gasteiger partial charge on any atom is 0.245 e. The maximum atomic E-state index is 12.8. The Morgan fingerprint density at radius 2 is 1.96 bits per heavy atom. The molecule has 5 nitrogen and oxygen atoms in total. The summed E-state index contributed by atoms with van der Waals surface area (Å²) in [7, 11) is 0. The van der Waals surface area contributed by atoms with Gasteiger partial charge in [0.15, 0.2) is 0 Å². The molecule has 1 aromatic carbocycles. The summed E-state index contributed by atoms with van der Waals surface area (Å²) in [5.74, 6) is -0.134. The molecular weight excluding hydrogens is 290 g/mol. The van der Waals surface area contributed by atoms with Gasteiger partial charge in [-0.3, -0.25) is 9.59 Å². The van der Waals surface area contributed by atoms with E-state index in [4.69, 9.17) is 0 Å². The smallest absolute Gasteiger partial charge is 0.245 e. The number of hydrogen-bond donors (Lipinski definition) is 2. The SMILES string of the molecule is CC(=O)N[C@@H](Cc1c[nH]c2ccccc12)C(=O)N1CCCCC1. The highest BCUT2D eigenvalue weighted by molar-refractivity contribution is 5.89. The zero-order valence-electron chi connectivity index (χ0n) is 13.5. The number of rotatable bonds is 4. The van der Waals surface area contributed by atoms with Crippen molar-refractivity contribution in [2.45, 2.75) is 38.6 Å². The predicted octanol–water partition coefficient (Wildman–Crippen LogP) is 2.23. The van der Waals surface area contributed by atoms with Crippen molar-refractivity contribution < 1.29 is 9.59 Å². The summed E-state index contributed by atoms with van der Waals surface area (Å²) >= 11 is 0. The number of hydrogen-bond acceptors (Lipinski definition) is 2. The average Bonchev–Trinajstić information content (AvgIpc) is 2.97. The minimum absolute atomic E-state index is 0.0326. The van der Waals surface area contributed by atoms with Crippen LogP contribution in [0.1, 0.15) is 31.7 Å². The fourth-order valence-corrected chi connectivity index (χ4v) is 3.30. The van der Waals surface area contributed by atoms with Crippen LogP contribution in [0.2, 0.25) is 0 Å². The highest BCUT2D eigenvalue weighted by atomic mass is 16.2. The summed E-state index contributed by atoms with van der Waals surface area (Å²) in [6, 6.07) is 7.52. The van der Waals surface area contributed by atoms with Crippen LogP contribution in [0.25, 0.3) is 10.9 Å². The van der Waals surface area contributed by atoms with Crippen molar-refractivity contribution in [3.63, 3.8) is 0 Å². The molecule has 1 saturated heterocycles. The summed E-state index contributed by atoms with van der Waals surface area (Å²) in [5.41, 5.74) is 2.11. The van der Waals surface area contributed by atoms with E-state index in [-0.39, 0.29) is 11.8 Å². The lowest BCUT2D eigenvalue weighted by atomic mass is 10.0. The van der Waals surface area contributed by atoms with E-state index < -0.39 is 6.04 Å². The Bertz CT molecular complexity index is 701. The van der Waals surface area contributed by atoms with Gasteiger partial charge >= 0.3 is 0 Å². The number of para-hydroxylation sites is 1. The lowest BCUT2D eigenvalue weighted by Crippen LogP contribution is -2.50. The second-order valence-electron chi connectivity index (χ2n) is 6.20. The number of H-pyrrole nitrogens is 1.